The lowest BCUT2D eigenvalue weighted by Gasteiger charge is -2.45. The van der Waals surface area contributed by atoms with Gasteiger partial charge in [-0.2, -0.15) is 0 Å². The van der Waals surface area contributed by atoms with Crippen molar-refractivity contribution in [2.45, 2.75) is 57.7 Å². The summed E-state index contributed by atoms with van der Waals surface area (Å²) in [6, 6.07) is 13.3. The lowest BCUT2D eigenvalue weighted by Crippen LogP contribution is -2.56. The standard InChI is InChI=1S/C28H35NO6/c1-6-15-34-28-25(32-4)19(3)35-26(27(28)33-5)24-16-21(11-14-23(24)17-29-31)8-7-20-9-12-22(13-10-20)18(2)30/h7-14,16-17,19,25-28,31H,6,15H2,1-5H3/b8-7+,29-17?/t19-,25-,26-,27+,28+/m0/s1. The van der Waals surface area contributed by atoms with Gasteiger partial charge in [-0.05, 0) is 43.0 Å². The maximum absolute atomic E-state index is 11.5. The van der Waals surface area contributed by atoms with Crippen LogP contribution in [-0.4, -0.2) is 62.4 Å². The Morgan fingerprint density at radius 1 is 1.03 bits per heavy atom. The number of oxime groups is 1. The number of nitrogens with zero attached hydrogens (tertiary/aromatic N) is 1. The van der Waals surface area contributed by atoms with E-state index in [1.807, 2.05) is 61.5 Å². The molecule has 0 spiro atoms. The number of Topliss-reactive ketones (excluding diaryl/α,β-unsaturated/α-hetero) is 1. The van der Waals surface area contributed by atoms with E-state index in [4.69, 9.17) is 18.9 Å². The first-order chi connectivity index (χ1) is 16.9. The van der Waals surface area contributed by atoms with E-state index in [2.05, 4.69) is 12.1 Å². The van der Waals surface area contributed by atoms with Gasteiger partial charge in [0.1, 0.15) is 24.4 Å². The first kappa shape index (κ1) is 26.8. The van der Waals surface area contributed by atoms with Gasteiger partial charge in [0.05, 0.1) is 12.3 Å². The largest absolute Gasteiger partial charge is 0.411 e. The predicted octanol–water partition coefficient (Wildman–Crippen LogP) is 5.15. The molecule has 7 nitrogen and oxygen atoms in total. The molecule has 0 aliphatic carbocycles. The Balaban J connectivity index is 1.96. The van der Waals surface area contributed by atoms with Gasteiger partial charge in [-0.15, -0.1) is 0 Å². The smallest absolute Gasteiger partial charge is 0.159 e. The molecule has 35 heavy (non-hydrogen) atoms. The second-order valence-corrected chi connectivity index (χ2v) is 8.64. The van der Waals surface area contributed by atoms with Crippen LogP contribution in [0.2, 0.25) is 0 Å². The van der Waals surface area contributed by atoms with Crippen molar-refractivity contribution in [2.24, 2.45) is 5.16 Å². The molecule has 1 heterocycles. The number of methoxy groups -OCH3 is 2. The highest BCUT2D eigenvalue weighted by molar-refractivity contribution is 5.94. The lowest BCUT2D eigenvalue weighted by atomic mass is 9.88. The van der Waals surface area contributed by atoms with Gasteiger partial charge in [-0.1, -0.05) is 60.6 Å². The van der Waals surface area contributed by atoms with Crippen molar-refractivity contribution in [3.8, 4) is 0 Å². The Morgan fingerprint density at radius 2 is 1.69 bits per heavy atom. The fourth-order valence-corrected chi connectivity index (χ4v) is 4.43. The van der Waals surface area contributed by atoms with Gasteiger partial charge in [0.2, 0.25) is 0 Å². The van der Waals surface area contributed by atoms with E-state index in [1.165, 1.54) is 6.21 Å². The molecule has 1 aliphatic heterocycles. The first-order valence-electron chi connectivity index (χ1n) is 11.9. The molecular weight excluding hydrogens is 446 g/mol. The highest BCUT2D eigenvalue weighted by atomic mass is 16.6. The van der Waals surface area contributed by atoms with Gasteiger partial charge in [0.25, 0.3) is 0 Å². The van der Waals surface area contributed by atoms with E-state index < -0.39 is 12.2 Å². The number of rotatable bonds is 10. The van der Waals surface area contributed by atoms with Crippen molar-refractivity contribution >= 4 is 24.1 Å². The van der Waals surface area contributed by atoms with Crippen LogP contribution in [0.3, 0.4) is 0 Å². The van der Waals surface area contributed by atoms with Crippen LogP contribution in [0, 0.1) is 0 Å². The van der Waals surface area contributed by atoms with E-state index in [0.29, 0.717) is 12.2 Å². The minimum Gasteiger partial charge on any atom is -0.411 e. The van der Waals surface area contributed by atoms with Gasteiger partial charge >= 0.3 is 0 Å². The summed E-state index contributed by atoms with van der Waals surface area (Å²) >= 11 is 0. The minimum atomic E-state index is -0.459. The van der Waals surface area contributed by atoms with E-state index in [1.54, 1.807) is 21.1 Å². The first-order valence-corrected chi connectivity index (χ1v) is 11.9. The average Bonchev–Trinajstić information content (AvgIpc) is 2.86. The molecule has 0 unspecified atom stereocenters. The molecule has 0 amide bonds. The summed E-state index contributed by atoms with van der Waals surface area (Å²) in [5, 5.41) is 12.5. The van der Waals surface area contributed by atoms with E-state index in [9.17, 15) is 10.0 Å². The molecule has 1 fully saturated rings. The normalized spacial score (nSPS) is 24.9. The van der Waals surface area contributed by atoms with Gasteiger partial charge in [0, 0.05) is 32.0 Å². The van der Waals surface area contributed by atoms with Crippen LogP contribution in [0.25, 0.3) is 12.2 Å². The number of benzene rings is 2. The van der Waals surface area contributed by atoms with Crippen molar-refractivity contribution < 1.29 is 28.9 Å². The van der Waals surface area contributed by atoms with Crippen molar-refractivity contribution in [3.05, 3.63) is 70.3 Å². The van der Waals surface area contributed by atoms with Gasteiger partial charge < -0.3 is 24.2 Å². The van der Waals surface area contributed by atoms with E-state index in [0.717, 1.165) is 28.7 Å². The third kappa shape index (κ3) is 6.44. The number of carbonyl (C=O) groups is 1. The monoisotopic (exact) mass is 481 g/mol. The van der Waals surface area contributed by atoms with Crippen LogP contribution >= 0.6 is 0 Å². The van der Waals surface area contributed by atoms with Crippen molar-refractivity contribution in [1.82, 2.24) is 0 Å². The molecule has 5 atom stereocenters. The van der Waals surface area contributed by atoms with Crippen LogP contribution in [0.4, 0.5) is 0 Å². The molecule has 0 saturated carbocycles. The van der Waals surface area contributed by atoms with Gasteiger partial charge in [-0.3, -0.25) is 4.79 Å². The number of ketones is 1. The van der Waals surface area contributed by atoms with Crippen molar-refractivity contribution in [2.75, 3.05) is 20.8 Å². The zero-order valence-electron chi connectivity index (χ0n) is 21.0. The van der Waals surface area contributed by atoms with Crippen molar-refractivity contribution in [3.63, 3.8) is 0 Å². The minimum absolute atomic E-state index is 0.0395. The molecule has 0 bridgehead atoms. The molecule has 0 aromatic heterocycles. The second kappa shape index (κ2) is 12.7. The number of hydrogen-bond donors (Lipinski definition) is 1. The Morgan fingerprint density at radius 3 is 2.29 bits per heavy atom. The summed E-state index contributed by atoms with van der Waals surface area (Å²) < 4.78 is 24.2. The van der Waals surface area contributed by atoms with E-state index >= 15 is 0 Å². The SMILES string of the molecule is CCCO[C@@H]1[C@@H](OC)[C@H](C)O[C@@H](c2cc(/C=C/c3ccc(C(C)=O)cc3)ccc2C=NO)[C@H]1OC. The van der Waals surface area contributed by atoms with Crippen LogP contribution in [-0.2, 0) is 18.9 Å². The summed E-state index contributed by atoms with van der Waals surface area (Å²) in [6.45, 7) is 6.16. The Bertz CT molecular complexity index is 1030. The van der Waals surface area contributed by atoms with Gasteiger partial charge in [0.15, 0.2) is 5.78 Å². The fourth-order valence-electron chi connectivity index (χ4n) is 4.43. The highest BCUT2D eigenvalue weighted by Crippen LogP contribution is 2.38. The third-order valence-corrected chi connectivity index (χ3v) is 6.23. The number of carbonyl (C=O) groups excluding carboxylic acids is 1. The lowest BCUT2D eigenvalue weighted by molar-refractivity contribution is -0.246. The Labute approximate surface area is 207 Å². The zero-order chi connectivity index (χ0) is 25.4. The van der Waals surface area contributed by atoms with Crippen LogP contribution in [0.1, 0.15) is 65.9 Å². The molecular formula is C28H35NO6. The predicted molar refractivity (Wildman–Crippen MR) is 136 cm³/mol. The molecule has 1 aliphatic rings. The second-order valence-electron chi connectivity index (χ2n) is 8.64. The molecule has 2 aromatic rings. The summed E-state index contributed by atoms with van der Waals surface area (Å²) in [5.74, 6) is 0.0395. The summed E-state index contributed by atoms with van der Waals surface area (Å²) in [4.78, 5) is 11.5. The quantitative estimate of drug-likeness (QED) is 0.166. The number of ether oxygens (including phenoxy) is 4. The fraction of sp³-hybridized carbons (Fsp3) is 0.429. The summed E-state index contributed by atoms with van der Waals surface area (Å²) in [5.41, 5.74) is 4.15. The molecule has 0 radical (unpaired) electrons. The molecule has 7 heteroatoms. The Hall–Kier alpha value is -2.84. The molecule has 2 aromatic carbocycles. The summed E-state index contributed by atoms with van der Waals surface area (Å²) in [6.07, 6.45) is 4.52. The average molecular weight is 482 g/mol. The summed E-state index contributed by atoms with van der Waals surface area (Å²) in [7, 11) is 3.29. The molecule has 188 valence electrons. The maximum atomic E-state index is 11.5. The van der Waals surface area contributed by atoms with Crippen LogP contribution in [0.5, 0.6) is 0 Å². The van der Waals surface area contributed by atoms with Crippen LogP contribution < -0.4 is 0 Å². The molecule has 3 rings (SSSR count). The topological polar surface area (TPSA) is 86.6 Å². The number of hydrogen-bond acceptors (Lipinski definition) is 7. The van der Waals surface area contributed by atoms with Gasteiger partial charge in [-0.25, -0.2) is 0 Å². The zero-order valence-corrected chi connectivity index (χ0v) is 21.0. The maximum Gasteiger partial charge on any atom is 0.159 e. The Kier molecular flexibility index (Phi) is 9.74. The molecule has 1 saturated heterocycles. The van der Waals surface area contributed by atoms with E-state index in [-0.39, 0.29) is 24.1 Å². The molecule has 1 N–H and O–H groups in total. The third-order valence-electron chi connectivity index (χ3n) is 6.23. The highest BCUT2D eigenvalue weighted by Gasteiger charge is 2.46. The van der Waals surface area contributed by atoms with Crippen molar-refractivity contribution in [1.29, 1.82) is 0 Å². The van der Waals surface area contributed by atoms with Crippen LogP contribution in [0.15, 0.2) is 47.6 Å².